The Kier molecular flexibility index (Phi) is 11.3. The van der Waals surface area contributed by atoms with E-state index >= 15 is 0 Å². The lowest BCUT2D eigenvalue weighted by Crippen LogP contribution is -2.52. The number of hydrogen-bond acceptors (Lipinski definition) is 3. The zero-order valence-electron chi connectivity index (χ0n) is 20.9. The van der Waals surface area contributed by atoms with Gasteiger partial charge in [0.1, 0.15) is 11.9 Å². The molecule has 1 N–H and O–H groups in total. The molecule has 0 fully saturated rings. The number of carbonyl (C=O) groups is 2. The minimum absolute atomic E-state index is 0.0327. The summed E-state index contributed by atoms with van der Waals surface area (Å²) in [5, 5.41) is 3.99. The second kappa shape index (κ2) is 14.4. The van der Waals surface area contributed by atoms with Crippen molar-refractivity contribution in [2.75, 3.05) is 5.75 Å². The van der Waals surface area contributed by atoms with Gasteiger partial charge in [-0.25, -0.2) is 4.39 Å². The molecule has 3 rings (SSSR count). The van der Waals surface area contributed by atoms with Crippen LogP contribution in [0.5, 0.6) is 0 Å². The zero-order chi connectivity index (χ0) is 26.8. The summed E-state index contributed by atoms with van der Waals surface area (Å²) in [5.41, 5.74) is 2.57. The third kappa shape index (κ3) is 9.06. The molecule has 0 aromatic heterocycles. The SMILES string of the molecule is CC[C@@H](C)NC(=O)[C@@H](Cc1ccccc1)N(Cc1ccc(Cl)cc1Cl)C(=O)CSCc1ccc(F)cc1. The van der Waals surface area contributed by atoms with Crippen LogP contribution in [0.4, 0.5) is 4.39 Å². The Labute approximate surface area is 232 Å². The Balaban J connectivity index is 1.88. The van der Waals surface area contributed by atoms with Crippen molar-refractivity contribution >= 4 is 46.8 Å². The highest BCUT2D eigenvalue weighted by atomic mass is 35.5. The number of amides is 2. The first-order chi connectivity index (χ1) is 17.8. The second-order valence-corrected chi connectivity index (χ2v) is 10.7. The van der Waals surface area contributed by atoms with Crippen LogP contribution in [0.15, 0.2) is 72.8 Å². The Bertz CT molecular complexity index is 1180. The van der Waals surface area contributed by atoms with Crippen LogP contribution < -0.4 is 5.32 Å². The van der Waals surface area contributed by atoms with Crippen LogP contribution >= 0.6 is 35.0 Å². The highest BCUT2D eigenvalue weighted by molar-refractivity contribution is 7.99. The Morgan fingerprint density at radius 3 is 2.35 bits per heavy atom. The zero-order valence-corrected chi connectivity index (χ0v) is 23.3. The average molecular weight is 562 g/mol. The molecule has 0 saturated heterocycles. The van der Waals surface area contributed by atoms with Gasteiger partial charge in [0.05, 0.1) is 5.75 Å². The smallest absolute Gasteiger partial charge is 0.243 e. The molecule has 0 unspecified atom stereocenters. The quantitative estimate of drug-likeness (QED) is 0.261. The largest absolute Gasteiger partial charge is 0.352 e. The van der Waals surface area contributed by atoms with Crippen LogP contribution in [-0.2, 0) is 28.3 Å². The maximum Gasteiger partial charge on any atom is 0.243 e. The van der Waals surface area contributed by atoms with E-state index in [9.17, 15) is 14.0 Å². The van der Waals surface area contributed by atoms with Gasteiger partial charge in [0.15, 0.2) is 0 Å². The fourth-order valence-corrected chi connectivity index (χ4v) is 5.09. The molecule has 2 atom stereocenters. The summed E-state index contributed by atoms with van der Waals surface area (Å²) >= 11 is 14.0. The van der Waals surface area contributed by atoms with E-state index in [0.29, 0.717) is 27.8 Å². The van der Waals surface area contributed by atoms with E-state index in [1.165, 1.54) is 23.9 Å². The first-order valence-electron chi connectivity index (χ1n) is 12.2. The van der Waals surface area contributed by atoms with Gasteiger partial charge >= 0.3 is 0 Å². The number of thioether (sulfide) groups is 1. The van der Waals surface area contributed by atoms with Gasteiger partial charge in [-0.2, -0.15) is 0 Å². The molecule has 0 spiro atoms. The Morgan fingerprint density at radius 2 is 1.70 bits per heavy atom. The lowest BCUT2D eigenvalue weighted by Gasteiger charge is -2.32. The normalized spacial score (nSPS) is 12.6. The molecule has 3 aromatic rings. The summed E-state index contributed by atoms with van der Waals surface area (Å²) < 4.78 is 13.2. The summed E-state index contributed by atoms with van der Waals surface area (Å²) in [4.78, 5) is 28.8. The molecular formula is C29H31Cl2FN2O2S. The van der Waals surface area contributed by atoms with Gasteiger partial charge < -0.3 is 10.2 Å². The maximum atomic E-state index is 13.7. The fraction of sp³-hybridized carbons (Fsp3) is 0.310. The second-order valence-electron chi connectivity index (χ2n) is 8.90. The van der Waals surface area contributed by atoms with E-state index in [4.69, 9.17) is 23.2 Å². The summed E-state index contributed by atoms with van der Waals surface area (Å²) in [6.07, 6.45) is 1.14. The molecule has 0 radical (unpaired) electrons. The fourth-order valence-electron chi connectivity index (χ4n) is 3.75. The number of hydrogen-bond donors (Lipinski definition) is 1. The third-order valence-electron chi connectivity index (χ3n) is 6.04. The van der Waals surface area contributed by atoms with Gasteiger partial charge in [0.2, 0.25) is 11.8 Å². The standard InChI is InChI=1S/C29H31Cl2FN2O2S/c1-3-20(2)33-29(36)27(15-21-7-5-4-6-8-21)34(17-23-11-12-24(30)16-26(23)31)28(35)19-37-18-22-9-13-25(32)14-10-22/h4-14,16,20,27H,3,15,17-19H2,1-2H3,(H,33,36)/t20-,27-/m1/s1. The summed E-state index contributed by atoms with van der Waals surface area (Å²) in [6.45, 7) is 4.11. The predicted octanol–water partition coefficient (Wildman–Crippen LogP) is 6.92. The molecule has 2 amide bonds. The molecule has 37 heavy (non-hydrogen) atoms. The van der Waals surface area contributed by atoms with Crippen molar-refractivity contribution in [3.8, 4) is 0 Å². The Morgan fingerprint density at radius 1 is 1.00 bits per heavy atom. The van der Waals surface area contributed by atoms with E-state index in [2.05, 4.69) is 5.32 Å². The van der Waals surface area contributed by atoms with Crippen LogP contribution in [-0.4, -0.2) is 34.6 Å². The number of nitrogens with one attached hydrogen (secondary N) is 1. The van der Waals surface area contributed by atoms with Crippen LogP contribution in [0, 0.1) is 5.82 Å². The molecule has 3 aromatic carbocycles. The highest BCUT2D eigenvalue weighted by Gasteiger charge is 2.31. The van der Waals surface area contributed by atoms with E-state index < -0.39 is 6.04 Å². The van der Waals surface area contributed by atoms with Gasteiger partial charge in [-0.3, -0.25) is 9.59 Å². The molecular weight excluding hydrogens is 530 g/mol. The lowest BCUT2D eigenvalue weighted by molar-refractivity contribution is -0.139. The molecule has 0 saturated carbocycles. The molecule has 0 bridgehead atoms. The molecule has 0 aliphatic heterocycles. The minimum Gasteiger partial charge on any atom is -0.352 e. The first-order valence-corrected chi connectivity index (χ1v) is 14.1. The Hall–Kier alpha value is -2.54. The van der Waals surface area contributed by atoms with Gasteiger partial charge in [0, 0.05) is 34.8 Å². The maximum absolute atomic E-state index is 13.7. The number of rotatable bonds is 12. The van der Waals surface area contributed by atoms with Gasteiger partial charge in [0.25, 0.3) is 0 Å². The molecule has 0 aliphatic carbocycles. The molecule has 0 heterocycles. The van der Waals surface area contributed by atoms with Crippen molar-refractivity contribution < 1.29 is 14.0 Å². The van der Waals surface area contributed by atoms with Crippen molar-refractivity contribution in [2.45, 2.75) is 51.1 Å². The van der Waals surface area contributed by atoms with Gasteiger partial charge in [-0.05, 0) is 54.3 Å². The van der Waals surface area contributed by atoms with Crippen molar-refractivity contribution in [3.05, 3.63) is 105 Å². The topological polar surface area (TPSA) is 49.4 Å². The molecule has 196 valence electrons. The molecule has 0 aliphatic rings. The lowest BCUT2D eigenvalue weighted by atomic mass is 10.0. The van der Waals surface area contributed by atoms with Crippen LogP contribution in [0.1, 0.15) is 37.0 Å². The molecule has 4 nitrogen and oxygen atoms in total. The number of benzene rings is 3. The minimum atomic E-state index is -0.734. The van der Waals surface area contributed by atoms with Crippen molar-refractivity contribution in [1.29, 1.82) is 0 Å². The van der Waals surface area contributed by atoms with Crippen molar-refractivity contribution in [1.82, 2.24) is 10.2 Å². The van der Waals surface area contributed by atoms with Crippen LogP contribution in [0.2, 0.25) is 10.0 Å². The van der Waals surface area contributed by atoms with E-state index in [-0.39, 0.29) is 36.0 Å². The third-order valence-corrected chi connectivity index (χ3v) is 7.61. The van der Waals surface area contributed by atoms with E-state index in [1.807, 2.05) is 44.2 Å². The highest BCUT2D eigenvalue weighted by Crippen LogP contribution is 2.25. The van der Waals surface area contributed by atoms with Gasteiger partial charge in [-0.15, -0.1) is 11.8 Å². The van der Waals surface area contributed by atoms with Crippen LogP contribution in [0.25, 0.3) is 0 Å². The summed E-state index contributed by atoms with van der Waals surface area (Å²) in [5.74, 6) is 0.0134. The molecule has 8 heteroatoms. The van der Waals surface area contributed by atoms with E-state index in [0.717, 1.165) is 17.5 Å². The van der Waals surface area contributed by atoms with Gasteiger partial charge in [-0.1, -0.05) is 78.7 Å². The number of halogens is 3. The monoisotopic (exact) mass is 560 g/mol. The summed E-state index contributed by atoms with van der Waals surface area (Å²) in [6, 6.07) is 20.2. The van der Waals surface area contributed by atoms with Crippen molar-refractivity contribution in [3.63, 3.8) is 0 Å². The first kappa shape index (κ1) is 29.0. The summed E-state index contributed by atoms with van der Waals surface area (Å²) in [7, 11) is 0. The number of nitrogens with zero attached hydrogens (tertiary/aromatic N) is 1. The van der Waals surface area contributed by atoms with E-state index in [1.54, 1.807) is 35.2 Å². The average Bonchev–Trinajstić information content (AvgIpc) is 2.88. The predicted molar refractivity (Wildman–Crippen MR) is 151 cm³/mol. The van der Waals surface area contributed by atoms with Crippen molar-refractivity contribution in [2.24, 2.45) is 0 Å². The number of carbonyl (C=O) groups excluding carboxylic acids is 2. The van der Waals surface area contributed by atoms with Crippen LogP contribution in [0.3, 0.4) is 0 Å².